The van der Waals surface area contributed by atoms with Gasteiger partial charge in [-0.3, -0.25) is 4.79 Å². The molecule has 1 aromatic carbocycles. The normalized spacial score (nSPS) is 9.82. The number of nitrogens with one attached hydrogen (secondary N) is 1. The van der Waals surface area contributed by atoms with Crippen molar-refractivity contribution in [3.8, 4) is 6.07 Å². The average molecular weight is 244 g/mol. The Balaban J connectivity index is 2.37. The van der Waals surface area contributed by atoms with Gasteiger partial charge in [0.15, 0.2) is 5.16 Å². The molecule has 0 radical (unpaired) electrons. The number of rotatable bonds is 2. The van der Waals surface area contributed by atoms with Crippen LogP contribution < -0.4 is 11.3 Å². The van der Waals surface area contributed by atoms with Crippen LogP contribution in [0.15, 0.2) is 45.3 Å². The van der Waals surface area contributed by atoms with Crippen molar-refractivity contribution in [3.05, 3.63) is 46.4 Å². The van der Waals surface area contributed by atoms with Gasteiger partial charge in [0, 0.05) is 22.8 Å². The molecule has 0 aliphatic heterocycles. The Morgan fingerprint density at radius 2 is 2.24 bits per heavy atom. The Bertz CT molecular complexity index is 644. The lowest BCUT2D eigenvalue weighted by Gasteiger charge is -2.03. The number of nitrogen functional groups attached to an aromatic ring is 1. The minimum atomic E-state index is -0.226. The minimum Gasteiger partial charge on any atom is -0.399 e. The maximum Gasteiger partial charge on any atom is 0.251 e. The number of anilines is 1. The molecule has 1 aromatic heterocycles. The number of aromatic nitrogens is 2. The maximum absolute atomic E-state index is 11.1. The largest absolute Gasteiger partial charge is 0.399 e. The molecule has 0 amide bonds. The van der Waals surface area contributed by atoms with Gasteiger partial charge in [0.05, 0.1) is 5.56 Å². The van der Waals surface area contributed by atoms with E-state index >= 15 is 0 Å². The Kier molecular flexibility index (Phi) is 3.12. The fraction of sp³-hybridized carbons (Fsp3) is 0. The molecule has 84 valence electrons. The number of nitrogens with two attached hydrogens (primary N) is 1. The Morgan fingerprint density at radius 1 is 1.41 bits per heavy atom. The second kappa shape index (κ2) is 4.72. The van der Waals surface area contributed by atoms with Crippen molar-refractivity contribution >= 4 is 17.4 Å². The van der Waals surface area contributed by atoms with Gasteiger partial charge in [0.2, 0.25) is 0 Å². The Morgan fingerprint density at radius 3 is 2.94 bits per heavy atom. The molecule has 0 aliphatic carbocycles. The second-order valence-electron chi connectivity index (χ2n) is 3.21. The lowest BCUT2D eigenvalue weighted by molar-refractivity contribution is 0.936. The van der Waals surface area contributed by atoms with E-state index in [4.69, 9.17) is 11.0 Å². The molecule has 0 spiro atoms. The molecule has 3 N–H and O–H groups in total. The summed E-state index contributed by atoms with van der Waals surface area (Å²) in [6.07, 6.45) is 1.42. The van der Waals surface area contributed by atoms with Crippen molar-refractivity contribution in [3.63, 3.8) is 0 Å². The van der Waals surface area contributed by atoms with Crippen LogP contribution in [0.3, 0.4) is 0 Å². The van der Waals surface area contributed by atoms with Crippen LogP contribution >= 0.6 is 11.8 Å². The summed E-state index contributed by atoms with van der Waals surface area (Å²) < 4.78 is 0. The summed E-state index contributed by atoms with van der Waals surface area (Å²) in [7, 11) is 0. The highest BCUT2D eigenvalue weighted by molar-refractivity contribution is 7.99. The van der Waals surface area contributed by atoms with Crippen molar-refractivity contribution in [2.24, 2.45) is 0 Å². The topological polar surface area (TPSA) is 95.6 Å². The smallest absolute Gasteiger partial charge is 0.251 e. The third-order valence-corrected chi connectivity index (χ3v) is 2.96. The number of H-pyrrole nitrogens is 1. The molecular weight excluding hydrogens is 236 g/mol. The zero-order chi connectivity index (χ0) is 12.3. The predicted octanol–water partition coefficient (Wildman–Crippen LogP) is 1.37. The van der Waals surface area contributed by atoms with E-state index in [1.54, 1.807) is 18.2 Å². The summed E-state index contributed by atoms with van der Waals surface area (Å²) in [4.78, 5) is 18.4. The fourth-order valence-corrected chi connectivity index (χ4v) is 2.06. The van der Waals surface area contributed by atoms with Gasteiger partial charge in [-0.15, -0.1) is 0 Å². The molecule has 2 aromatic rings. The first kappa shape index (κ1) is 11.2. The number of hydrogen-bond acceptors (Lipinski definition) is 5. The molecule has 17 heavy (non-hydrogen) atoms. The maximum atomic E-state index is 11.1. The molecule has 0 saturated heterocycles. The van der Waals surface area contributed by atoms with Crippen molar-refractivity contribution in [2.45, 2.75) is 10.1 Å². The number of aromatic amines is 1. The number of hydrogen-bond donors (Lipinski definition) is 2. The number of nitriles is 1. The minimum absolute atomic E-state index is 0.226. The number of benzene rings is 1. The van der Waals surface area contributed by atoms with Crippen LogP contribution in [0, 0.1) is 11.3 Å². The molecular formula is C11H8N4OS. The van der Waals surface area contributed by atoms with Crippen molar-refractivity contribution in [1.29, 1.82) is 5.26 Å². The molecule has 5 nitrogen and oxygen atoms in total. The lowest BCUT2D eigenvalue weighted by atomic mass is 10.2. The van der Waals surface area contributed by atoms with Crippen LogP contribution in [0.25, 0.3) is 0 Å². The summed E-state index contributed by atoms with van der Waals surface area (Å²) in [5, 5.41) is 9.41. The van der Waals surface area contributed by atoms with E-state index in [-0.39, 0.29) is 5.56 Å². The number of nitrogens with zero attached hydrogens (tertiary/aromatic N) is 2. The lowest BCUT2D eigenvalue weighted by Crippen LogP contribution is -2.05. The van der Waals surface area contributed by atoms with Gasteiger partial charge in [-0.1, -0.05) is 11.8 Å². The predicted molar refractivity (Wildman–Crippen MR) is 64.6 cm³/mol. The Labute approximate surface area is 101 Å². The summed E-state index contributed by atoms with van der Waals surface area (Å²) in [6, 6.07) is 8.40. The van der Waals surface area contributed by atoms with Crippen LogP contribution in [0.4, 0.5) is 5.69 Å². The van der Waals surface area contributed by atoms with Crippen LogP contribution in [-0.2, 0) is 0 Å². The highest BCUT2D eigenvalue weighted by Gasteiger charge is 2.06. The molecule has 0 unspecified atom stereocenters. The Hall–Kier alpha value is -2.26. The first-order valence-electron chi connectivity index (χ1n) is 4.72. The van der Waals surface area contributed by atoms with Gasteiger partial charge in [0.1, 0.15) is 6.07 Å². The second-order valence-corrected chi connectivity index (χ2v) is 4.24. The quantitative estimate of drug-likeness (QED) is 0.614. The van der Waals surface area contributed by atoms with Crippen molar-refractivity contribution in [2.75, 3.05) is 5.73 Å². The molecule has 0 aliphatic rings. The van der Waals surface area contributed by atoms with E-state index in [1.807, 2.05) is 0 Å². The first-order chi connectivity index (χ1) is 8.19. The zero-order valence-electron chi connectivity index (χ0n) is 8.68. The fourth-order valence-electron chi connectivity index (χ4n) is 1.23. The van der Waals surface area contributed by atoms with E-state index in [0.717, 1.165) is 0 Å². The molecule has 1 heterocycles. The van der Waals surface area contributed by atoms with Crippen LogP contribution in [-0.4, -0.2) is 9.97 Å². The molecule has 0 atom stereocenters. The summed E-state index contributed by atoms with van der Waals surface area (Å²) in [5.41, 5.74) is 6.35. The van der Waals surface area contributed by atoms with Crippen LogP contribution in [0.5, 0.6) is 0 Å². The van der Waals surface area contributed by atoms with Gasteiger partial charge in [-0.05, 0) is 18.2 Å². The summed E-state index contributed by atoms with van der Waals surface area (Å²) >= 11 is 1.22. The molecule has 0 fully saturated rings. The molecule has 0 bridgehead atoms. The SMILES string of the molecule is N#Cc1cc(N)ccc1Sc1nccc(=O)[nH]1. The highest BCUT2D eigenvalue weighted by atomic mass is 32.2. The standard InChI is InChI=1S/C11H8N4OS/c12-6-7-5-8(13)1-2-9(7)17-11-14-4-3-10(16)15-11/h1-5H,13H2,(H,14,15,16). The molecule has 0 saturated carbocycles. The first-order valence-corrected chi connectivity index (χ1v) is 5.53. The van der Waals surface area contributed by atoms with Gasteiger partial charge in [0.25, 0.3) is 5.56 Å². The average Bonchev–Trinajstić information content (AvgIpc) is 2.31. The summed E-state index contributed by atoms with van der Waals surface area (Å²) in [6.45, 7) is 0. The van der Waals surface area contributed by atoms with Gasteiger partial charge in [-0.25, -0.2) is 4.98 Å². The van der Waals surface area contributed by atoms with E-state index in [0.29, 0.717) is 21.3 Å². The van der Waals surface area contributed by atoms with Crippen LogP contribution in [0.1, 0.15) is 5.56 Å². The van der Waals surface area contributed by atoms with E-state index in [2.05, 4.69) is 16.0 Å². The van der Waals surface area contributed by atoms with E-state index < -0.39 is 0 Å². The monoisotopic (exact) mass is 244 g/mol. The van der Waals surface area contributed by atoms with Gasteiger partial charge < -0.3 is 10.7 Å². The van der Waals surface area contributed by atoms with Crippen molar-refractivity contribution < 1.29 is 0 Å². The third-order valence-electron chi connectivity index (χ3n) is 1.98. The zero-order valence-corrected chi connectivity index (χ0v) is 9.49. The van der Waals surface area contributed by atoms with Gasteiger partial charge in [-0.2, -0.15) is 5.26 Å². The van der Waals surface area contributed by atoms with Crippen molar-refractivity contribution in [1.82, 2.24) is 9.97 Å². The highest BCUT2D eigenvalue weighted by Crippen LogP contribution is 2.28. The molecule has 6 heteroatoms. The molecule has 2 rings (SSSR count). The van der Waals surface area contributed by atoms with Crippen LogP contribution in [0.2, 0.25) is 0 Å². The van der Waals surface area contributed by atoms with E-state index in [1.165, 1.54) is 24.0 Å². The summed E-state index contributed by atoms with van der Waals surface area (Å²) in [5.74, 6) is 0. The van der Waals surface area contributed by atoms with E-state index in [9.17, 15) is 4.79 Å². The third kappa shape index (κ3) is 2.65. The van der Waals surface area contributed by atoms with Gasteiger partial charge >= 0.3 is 0 Å².